The van der Waals surface area contributed by atoms with Gasteiger partial charge in [0.05, 0.1) is 17.2 Å². The quantitative estimate of drug-likeness (QED) is 0.833. The van der Waals surface area contributed by atoms with Gasteiger partial charge < -0.3 is 15.2 Å². The van der Waals surface area contributed by atoms with Crippen molar-refractivity contribution < 1.29 is 9.47 Å². The van der Waals surface area contributed by atoms with Gasteiger partial charge in [0.15, 0.2) is 0 Å². The van der Waals surface area contributed by atoms with Gasteiger partial charge in [-0.15, -0.1) is 0 Å². The molecule has 0 saturated heterocycles. The van der Waals surface area contributed by atoms with Crippen LogP contribution in [0.15, 0.2) is 18.2 Å². The predicted octanol–water partition coefficient (Wildman–Crippen LogP) is 3.55. The first-order valence-corrected chi connectivity index (χ1v) is 6.49. The third kappa shape index (κ3) is 5.25. The molecule has 1 rings (SSSR count). The molecule has 0 saturated carbocycles. The molecule has 0 aliphatic rings. The molecule has 0 aliphatic carbocycles. The Bertz CT molecular complexity index is 386. The van der Waals surface area contributed by atoms with Gasteiger partial charge in [-0.2, -0.15) is 0 Å². The van der Waals surface area contributed by atoms with Gasteiger partial charge in [0.25, 0.3) is 0 Å². The predicted molar refractivity (Wildman–Crippen MR) is 75.3 cm³/mol. The van der Waals surface area contributed by atoms with E-state index in [9.17, 15) is 0 Å². The molecule has 4 heteroatoms. The zero-order chi connectivity index (χ0) is 13.8. The summed E-state index contributed by atoms with van der Waals surface area (Å²) in [7, 11) is 0. The molecule has 0 bridgehead atoms. The molecule has 0 radical (unpaired) electrons. The molecule has 3 nitrogen and oxygen atoms in total. The monoisotopic (exact) mass is 271 g/mol. The van der Waals surface area contributed by atoms with Gasteiger partial charge in [-0.25, -0.2) is 0 Å². The third-order valence-corrected chi connectivity index (χ3v) is 2.65. The lowest BCUT2D eigenvalue weighted by Crippen LogP contribution is -2.22. The van der Waals surface area contributed by atoms with Gasteiger partial charge in [-0.05, 0) is 45.4 Å². The van der Waals surface area contributed by atoms with E-state index in [2.05, 4.69) is 0 Å². The Hall–Kier alpha value is -0.770. The molecule has 1 aromatic rings. The van der Waals surface area contributed by atoms with Crippen molar-refractivity contribution in [2.24, 2.45) is 5.73 Å². The number of ether oxygens (including phenoxy) is 2. The molecule has 0 unspecified atom stereocenters. The minimum absolute atomic E-state index is 0.0271. The van der Waals surface area contributed by atoms with E-state index in [-0.39, 0.29) is 11.6 Å². The lowest BCUT2D eigenvalue weighted by atomic mass is 10.1. The Morgan fingerprint density at radius 3 is 2.44 bits per heavy atom. The fourth-order valence-electron chi connectivity index (χ4n) is 1.42. The Balaban J connectivity index is 2.48. The minimum atomic E-state index is -0.147. The van der Waals surface area contributed by atoms with Gasteiger partial charge in [-0.1, -0.05) is 17.7 Å². The number of nitrogens with two attached hydrogens (primary N) is 1. The van der Waals surface area contributed by atoms with Crippen LogP contribution in [0.2, 0.25) is 5.02 Å². The SMILES string of the molecule is C[C@@H](N)c1ccc(OCCOC(C)(C)C)c(Cl)c1. The van der Waals surface area contributed by atoms with Gasteiger partial charge >= 0.3 is 0 Å². The normalized spacial score (nSPS) is 13.4. The molecule has 0 amide bonds. The smallest absolute Gasteiger partial charge is 0.138 e. The van der Waals surface area contributed by atoms with Crippen LogP contribution in [-0.2, 0) is 4.74 Å². The standard InChI is InChI=1S/C14H22ClNO2/c1-10(16)11-5-6-13(12(15)9-11)17-7-8-18-14(2,3)4/h5-6,9-10H,7-8,16H2,1-4H3/t10-/m1/s1. The maximum atomic E-state index is 6.12. The van der Waals surface area contributed by atoms with Gasteiger partial charge in [-0.3, -0.25) is 0 Å². The molecule has 0 heterocycles. The van der Waals surface area contributed by atoms with Crippen molar-refractivity contribution in [3.63, 3.8) is 0 Å². The number of rotatable bonds is 5. The molecule has 0 aliphatic heterocycles. The van der Waals surface area contributed by atoms with Crippen LogP contribution in [0.4, 0.5) is 0 Å². The molecule has 0 spiro atoms. The molecule has 18 heavy (non-hydrogen) atoms. The van der Waals surface area contributed by atoms with Crippen LogP contribution in [0.25, 0.3) is 0 Å². The van der Waals surface area contributed by atoms with E-state index in [0.717, 1.165) is 5.56 Å². The van der Waals surface area contributed by atoms with Crippen LogP contribution < -0.4 is 10.5 Å². The zero-order valence-corrected chi connectivity index (χ0v) is 12.3. The maximum absolute atomic E-state index is 6.12. The van der Waals surface area contributed by atoms with E-state index in [1.54, 1.807) is 0 Å². The first-order valence-electron chi connectivity index (χ1n) is 6.11. The highest BCUT2D eigenvalue weighted by Crippen LogP contribution is 2.27. The summed E-state index contributed by atoms with van der Waals surface area (Å²) in [6, 6.07) is 5.58. The largest absolute Gasteiger partial charge is 0.490 e. The van der Waals surface area contributed by atoms with Crippen LogP contribution in [0.5, 0.6) is 5.75 Å². The van der Waals surface area contributed by atoms with E-state index in [4.69, 9.17) is 26.8 Å². The maximum Gasteiger partial charge on any atom is 0.138 e. The first-order chi connectivity index (χ1) is 8.29. The molecular formula is C14H22ClNO2. The van der Waals surface area contributed by atoms with Crippen LogP contribution in [0.3, 0.4) is 0 Å². The Morgan fingerprint density at radius 1 is 1.28 bits per heavy atom. The molecule has 102 valence electrons. The Kier molecular flexibility index (Phi) is 5.45. The molecule has 0 aromatic heterocycles. The second-order valence-electron chi connectivity index (χ2n) is 5.29. The van der Waals surface area contributed by atoms with Crippen LogP contribution in [0.1, 0.15) is 39.3 Å². The van der Waals surface area contributed by atoms with Crippen LogP contribution in [-0.4, -0.2) is 18.8 Å². The van der Waals surface area contributed by atoms with Crippen molar-refractivity contribution in [3.05, 3.63) is 28.8 Å². The lowest BCUT2D eigenvalue weighted by Gasteiger charge is -2.19. The molecule has 1 atom stereocenters. The highest BCUT2D eigenvalue weighted by atomic mass is 35.5. The zero-order valence-electron chi connectivity index (χ0n) is 11.5. The molecule has 2 N–H and O–H groups in total. The number of hydrogen-bond acceptors (Lipinski definition) is 3. The summed E-state index contributed by atoms with van der Waals surface area (Å²) in [6.07, 6.45) is 0. The Morgan fingerprint density at radius 2 is 1.94 bits per heavy atom. The van der Waals surface area contributed by atoms with Crippen molar-refractivity contribution in [3.8, 4) is 5.75 Å². The Labute approximate surface area is 114 Å². The third-order valence-electron chi connectivity index (χ3n) is 2.36. The van der Waals surface area contributed by atoms with E-state index < -0.39 is 0 Å². The fraction of sp³-hybridized carbons (Fsp3) is 0.571. The summed E-state index contributed by atoms with van der Waals surface area (Å²) < 4.78 is 11.1. The van der Waals surface area contributed by atoms with Crippen LogP contribution in [0, 0.1) is 0 Å². The van der Waals surface area contributed by atoms with Crippen molar-refractivity contribution in [1.29, 1.82) is 0 Å². The van der Waals surface area contributed by atoms with E-state index in [1.807, 2.05) is 45.9 Å². The van der Waals surface area contributed by atoms with Crippen molar-refractivity contribution >= 4 is 11.6 Å². The number of benzene rings is 1. The highest BCUT2D eigenvalue weighted by Gasteiger charge is 2.10. The van der Waals surface area contributed by atoms with Crippen molar-refractivity contribution in [2.75, 3.05) is 13.2 Å². The van der Waals surface area contributed by atoms with E-state index in [0.29, 0.717) is 24.0 Å². The van der Waals surface area contributed by atoms with Crippen molar-refractivity contribution in [1.82, 2.24) is 0 Å². The topological polar surface area (TPSA) is 44.5 Å². The highest BCUT2D eigenvalue weighted by molar-refractivity contribution is 6.32. The second kappa shape index (κ2) is 6.41. The molecular weight excluding hydrogens is 250 g/mol. The lowest BCUT2D eigenvalue weighted by molar-refractivity contribution is -0.0162. The fourth-order valence-corrected chi connectivity index (χ4v) is 1.66. The summed E-state index contributed by atoms with van der Waals surface area (Å²) in [5, 5.41) is 0.584. The molecule has 1 aromatic carbocycles. The number of hydrogen-bond donors (Lipinski definition) is 1. The number of halogens is 1. The molecule has 0 fully saturated rings. The summed E-state index contributed by atoms with van der Waals surface area (Å²) in [5.41, 5.74) is 6.63. The van der Waals surface area contributed by atoms with E-state index >= 15 is 0 Å². The summed E-state index contributed by atoms with van der Waals surface area (Å²) in [6.45, 7) is 8.97. The van der Waals surface area contributed by atoms with Gasteiger partial charge in [0.1, 0.15) is 12.4 Å². The summed E-state index contributed by atoms with van der Waals surface area (Å²) in [4.78, 5) is 0. The van der Waals surface area contributed by atoms with Gasteiger partial charge in [0.2, 0.25) is 0 Å². The first kappa shape index (κ1) is 15.3. The van der Waals surface area contributed by atoms with Gasteiger partial charge in [0, 0.05) is 6.04 Å². The average Bonchev–Trinajstić information content (AvgIpc) is 2.24. The second-order valence-corrected chi connectivity index (χ2v) is 5.70. The average molecular weight is 272 g/mol. The summed E-state index contributed by atoms with van der Waals surface area (Å²) >= 11 is 6.12. The van der Waals surface area contributed by atoms with E-state index in [1.165, 1.54) is 0 Å². The minimum Gasteiger partial charge on any atom is -0.490 e. The van der Waals surface area contributed by atoms with Crippen LogP contribution >= 0.6 is 11.6 Å². The summed E-state index contributed by atoms with van der Waals surface area (Å²) in [5.74, 6) is 0.665. The van der Waals surface area contributed by atoms with Crippen molar-refractivity contribution in [2.45, 2.75) is 39.3 Å².